The Labute approximate surface area is 250 Å². The molecule has 4 rings (SSSR count). The maximum Gasteiger partial charge on any atom is 0.416 e. The van der Waals surface area contributed by atoms with Crippen LogP contribution in [0.1, 0.15) is 48.6 Å². The summed E-state index contributed by atoms with van der Waals surface area (Å²) in [6, 6.07) is 3.72. The molecule has 43 heavy (non-hydrogen) atoms. The molecule has 1 fully saturated rings. The number of aromatic nitrogens is 2. The van der Waals surface area contributed by atoms with Gasteiger partial charge in [0.15, 0.2) is 0 Å². The zero-order chi connectivity index (χ0) is 31.1. The van der Waals surface area contributed by atoms with Crippen LogP contribution in [0, 0.1) is 6.92 Å². The minimum atomic E-state index is -4.56. The first kappa shape index (κ1) is 32.1. The van der Waals surface area contributed by atoms with Crippen molar-refractivity contribution in [3.05, 3.63) is 88.1 Å². The Kier molecular flexibility index (Phi) is 10.5. The van der Waals surface area contributed by atoms with Gasteiger partial charge in [0.25, 0.3) is 5.91 Å². The average molecular weight is 600 g/mol. The fraction of sp³-hybridized carbons (Fsp3) is 0.419. The Morgan fingerprint density at radius 1 is 1.21 bits per heavy atom. The van der Waals surface area contributed by atoms with Crippen molar-refractivity contribution in [2.75, 3.05) is 38.2 Å². The van der Waals surface area contributed by atoms with Crippen LogP contribution < -0.4 is 16.9 Å². The number of nitrogens with two attached hydrogens (primary N) is 2. The predicted molar refractivity (Wildman–Crippen MR) is 161 cm³/mol. The Morgan fingerprint density at radius 3 is 2.70 bits per heavy atom. The van der Waals surface area contributed by atoms with E-state index in [1.54, 1.807) is 35.3 Å². The zero-order valence-corrected chi connectivity index (χ0v) is 24.9. The lowest BCUT2D eigenvalue weighted by Crippen LogP contribution is -2.28. The Hall–Kier alpha value is -3.87. The lowest BCUT2D eigenvalue weighted by molar-refractivity contribution is -0.137. The van der Waals surface area contributed by atoms with Gasteiger partial charge in [0.2, 0.25) is 0 Å². The van der Waals surface area contributed by atoms with Gasteiger partial charge in [0.1, 0.15) is 0 Å². The van der Waals surface area contributed by atoms with E-state index in [-0.39, 0.29) is 11.3 Å². The summed E-state index contributed by atoms with van der Waals surface area (Å²) in [5.41, 5.74) is 9.82. The van der Waals surface area contributed by atoms with E-state index in [2.05, 4.69) is 15.3 Å². The number of hydrazine groups is 1. The Balaban J connectivity index is 1.56. The molecule has 1 aliphatic carbocycles. The van der Waals surface area contributed by atoms with Gasteiger partial charge in [0, 0.05) is 62.0 Å². The fourth-order valence-electron chi connectivity index (χ4n) is 5.11. The molecule has 0 bridgehead atoms. The van der Waals surface area contributed by atoms with Crippen LogP contribution in [0.25, 0.3) is 5.70 Å². The molecule has 12 heteroatoms. The van der Waals surface area contributed by atoms with Gasteiger partial charge < -0.3 is 20.7 Å². The number of ether oxygens (including phenoxy) is 1. The third-order valence-electron chi connectivity index (χ3n) is 7.68. The molecule has 2 heterocycles. The largest absolute Gasteiger partial charge is 0.416 e. The fourth-order valence-corrected chi connectivity index (χ4v) is 5.11. The van der Waals surface area contributed by atoms with E-state index in [0.29, 0.717) is 56.0 Å². The van der Waals surface area contributed by atoms with Gasteiger partial charge in [-0.15, -0.1) is 0 Å². The van der Waals surface area contributed by atoms with Crippen LogP contribution in [0.5, 0.6) is 0 Å². The third kappa shape index (κ3) is 8.37. The van der Waals surface area contributed by atoms with Crippen LogP contribution >= 0.6 is 0 Å². The molecular formula is C31H40F3N7O2. The van der Waals surface area contributed by atoms with Crippen molar-refractivity contribution in [2.45, 2.75) is 45.7 Å². The Bertz CT molecular complexity index is 1430. The lowest BCUT2D eigenvalue weighted by Gasteiger charge is -2.21. The van der Waals surface area contributed by atoms with Crippen LogP contribution in [0.2, 0.25) is 0 Å². The molecule has 1 amide bonds. The number of benzene rings is 1. The number of halogens is 3. The van der Waals surface area contributed by atoms with Gasteiger partial charge in [-0.2, -0.15) is 18.3 Å². The molecule has 1 aliphatic heterocycles. The number of aryl methyl sites for hydroxylation is 1. The van der Waals surface area contributed by atoms with Crippen LogP contribution in [0.3, 0.4) is 0 Å². The Morgan fingerprint density at radius 2 is 2.00 bits per heavy atom. The number of carbonyl (C=O) groups excluding carboxylic acids is 1. The molecule has 1 saturated heterocycles. The van der Waals surface area contributed by atoms with Crippen molar-refractivity contribution < 1.29 is 22.7 Å². The summed E-state index contributed by atoms with van der Waals surface area (Å²) >= 11 is 0. The first-order valence-corrected chi connectivity index (χ1v) is 14.4. The highest BCUT2D eigenvalue weighted by atomic mass is 19.4. The van der Waals surface area contributed by atoms with Crippen LogP contribution in [-0.2, 0) is 29.2 Å². The number of amides is 1. The number of hydrogen-bond acceptors (Lipinski definition) is 7. The van der Waals surface area contributed by atoms with Crippen molar-refractivity contribution in [3.63, 3.8) is 0 Å². The van der Waals surface area contributed by atoms with Gasteiger partial charge in [-0.3, -0.25) is 14.5 Å². The number of nitrogens with zero attached hydrogens (tertiary/aromatic N) is 4. The highest BCUT2D eigenvalue weighted by Crippen LogP contribution is 2.33. The second kappa shape index (κ2) is 14.1. The minimum Gasteiger partial charge on any atom is -0.397 e. The molecule has 0 spiro atoms. The highest BCUT2D eigenvalue weighted by Gasteiger charge is 2.31. The monoisotopic (exact) mass is 599 g/mol. The van der Waals surface area contributed by atoms with Gasteiger partial charge >= 0.3 is 6.18 Å². The zero-order valence-electron chi connectivity index (χ0n) is 24.9. The second-order valence-electron chi connectivity index (χ2n) is 10.7. The summed E-state index contributed by atoms with van der Waals surface area (Å²) in [6.07, 6.45) is 6.36. The van der Waals surface area contributed by atoms with E-state index in [4.69, 9.17) is 16.3 Å². The molecule has 2 aliphatic rings. The normalized spacial score (nSPS) is 17.0. The minimum absolute atomic E-state index is 0.0820. The maximum atomic E-state index is 13.8. The number of hydrogen-bond donors (Lipinski definition) is 3. The van der Waals surface area contributed by atoms with Gasteiger partial charge in [-0.1, -0.05) is 19.1 Å². The summed E-state index contributed by atoms with van der Waals surface area (Å²) in [6.45, 7) is 7.32. The summed E-state index contributed by atoms with van der Waals surface area (Å²) < 4.78 is 48.6. The number of alkyl halides is 3. The van der Waals surface area contributed by atoms with Crippen molar-refractivity contribution in [2.24, 2.45) is 18.6 Å². The first-order valence-electron chi connectivity index (χ1n) is 14.4. The van der Waals surface area contributed by atoms with Crippen molar-refractivity contribution in [1.82, 2.24) is 19.7 Å². The number of nitrogens with one attached hydrogen (secondary N) is 1. The van der Waals surface area contributed by atoms with Gasteiger partial charge in [0.05, 0.1) is 29.8 Å². The molecular weight excluding hydrogens is 559 g/mol. The predicted octanol–water partition coefficient (Wildman–Crippen LogP) is 4.63. The molecule has 0 saturated carbocycles. The summed E-state index contributed by atoms with van der Waals surface area (Å²) in [5, 5.41) is 8.27. The smallest absolute Gasteiger partial charge is 0.397 e. The molecule has 0 atom stereocenters. The summed E-state index contributed by atoms with van der Waals surface area (Å²) in [5.74, 6) is 5.90. The molecule has 1 aromatic carbocycles. The van der Waals surface area contributed by atoms with Crippen molar-refractivity contribution >= 4 is 17.3 Å². The quantitative estimate of drug-likeness (QED) is 0.284. The SMILES string of the molecule is CCC1=CCC=C(C(=O)Nc2cc(CCN3CCCOCC3)cc(C(F)(F)F)c2)C=C1N(N)/C=C(\N)c1cnn(C)c1C. The van der Waals surface area contributed by atoms with E-state index < -0.39 is 17.6 Å². The van der Waals surface area contributed by atoms with E-state index in [1.807, 2.05) is 27.0 Å². The number of rotatable bonds is 9. The molecule has 0 radical (unpaired) electrons. The number of allylic oxidation sites excluding steroid dienone is 3. The summed E-state index contributed by atoms with van der Waals surface area (Å²) in [4.78, 5) is 15.6. The van der Waals surface area contributed by atoms with Crippen molar-refractivity contribution in [3.8, 4) is 0 Å². The average Bonchev–Trinajstić information content (AvgIpc) is 3.17. The molecule has 0 unspecified atom stereocenters. The number of carbonyl (C=O) groups is 1. The molecule has 232 valence electrons. The van der Waals surface area contributed by atoms with Crippen molar-refractivity contribution in [1.29, 1.82) is 0 Å². The third-order valence-corrected chi connectivity index (χ3v) is 7.68. The molecule has 1 aromatic heterocycles. The standard InChI is InChI=1S/C31H40F3N7O2/c1-4-23-7-5-8-24(17-29(23)41(36)20-28(35)27-19-37-39(3)21(27)2)30(42)38-26-16-22(15-25(18-26)31(32,33)34)9-11-40-10-6-13-43-14-12-40/h7-8,15-20H,4-6,9-14,35-36H2,1-3H3,(H,38,42)/b28-20-. The lowest BCUT2D eigenvalue weighted by atomic mass is 10.0. The topological polar surface area (TPSA) is 115 Å². The van der Waals surface area contributed by atoms with Gasteiger partial charge in [-0.25, -0.2) is 5.84 Å². The molecule has 5 N–H and O–H groups in total. The van der Waals surface area contributed by atoms with E-state index in [9.17, 15) is 18.0 Å². The van der Waals surface area contributed by atoms with Crippen LogP contribution in [0.15, 0.2) is 65.7 Å². The van der Waals surface area contributed by atoms with E-state index >= 15 is 0 Å². The number of anilines is 1. The van der Waals surface area contributed by atoms with Crippen LogP contribution in [0.4, 0.5) is 18.9 Å². The van der Waals surface area contributed by atoms with E-state index in [0.717, 1.165) is 48.5 Å². The molecule has 9 nitrogen and oxygen atoms in total. The molecule has 2 aromatic rings. The second-order valence-corrected chi connectivity index (χ2v) is 10.7. The highest BCUT2D eigenvalue weighted by molar-refractivity contribution is 6.06. The van der Waals surface area contributed by atoms with Gasteiger partial charge in [-0.05, 0) is 68.0 Å². The maximum absolute atomic E-state index is 13.8. The summed E-state index contributed by atoms with van der Waals surface area (Å²) in [7, 11) is 1.81. The van der Waals surface area contributed by atoms with E-state index in [1.165, 1.54) is 5.01 Å². The first-order chi connectivity index (χ1) is 20.5. The van der Waals surface area contributed by atoms with Crippen LogP contribution in [-0.4, -0.2) is 58.4 Å².